The minimum atomic E-state index is -1.03. The van der Waals surface area contributed by atoms with Crippen LogP contribution in [0.4, 0.5) is 4.39 Å². The maximum atomic E-state index is 13.2. The fraction of sp³-hybridized carbons (Fsp3) is 0.333. The number of carboxylic acid groups (broad SMARTS) is 1. The summed E-state index contributed by atoms with van der Waals surface area (Å²) in [4.78, 5) is 11.3. The molecule has 0 radical (unpaired) electrons. The molecule has 1 unspecified atom stereocenters. The molecule has 19 heavy (non-hydrogen) atoms. The molecule has 0 saturated carbocycles. The molecule has 0 aliphatic carbocycles. The zero-order chi connectivity index (χ0) is 14.0. The summed E-state index contributed by atoms with van der Waals surface area (Å²) < 4.78 is 14.4. The Labute approximate surface area is 108 Å². The van der Waals surface area contributed by atoms with Gasteiger partial charge in [0.2, 0.25) is 0 Å². The van der Waals surface area contributed by atoms with Gasteiger partial charge in [-0.2, -0.15) is 0 Å². The Morgan fingerprint density at radius 3 is 2.74 bits per heavy atom. The Balaban J connectivity index is 2.50. The van der Waals surface area contributed by atoms with E-state index in [9.17, 15) is 14.3 Å². The smallest absolute Gasteiger partial charge is 0.328 e. The molecule has 6 nitrogen and oxygen atoms in total. The third kappa shape index (κ3) is 2.59. The Kier molecular flexibility index (Phi) is 3.55. The first-order valence-electron chi connectivity index (χ1n) is 5.77. The molecule has 0 fully saturated rings. The quantitative estimate of drug-likeness (QED) is 0.910. The van der Waals surface area contributed by atoms with Gasteiger partial charge in [-0.1, -0.05) is 26.0 Å². The second-order valence-electron chi connectivity index (χ2n) is 4.48. The van der Waals surface area contributed by atoms with Crippen LogP contribution in [-0.4, -0.2) is 31.3 Å². The van der Waals surface area contributed by atoms with Crippen molar-refractivity contribution in [2.75, 3.05) is 0 Å². The van der Waals surface area contributed by atoms with Crippen LogP contribution in [0.2, 0.25) is 0 Å². The highest BCUT2D eigenvalue weighted by Crippen LogP contribution is 2.24. The van der Waals surface area contributed by atoms with E-state index in [1.54, 1.807) is 19.9 Å². The van der Waals surface area contributed by atoms with E-state index >= 15 is 0 Å². The van der Waals surface area contributed by atoms with Crippen molar-refractivity contribution in [1.29, 1.82) is 0 Å². The number of tetrazole rings is 1. The van der Waals surface area contributed by atoms with Gasteiger partial charge in [-0.3, -0.25) is 0 Å². The van der Waals surface area contributed by atoms with Crippen molar-refractivity contribution in [3.8, 4) is 11.4 Å². The van der Waals surface area contributed by atoms with E-state index in [1.165, 1.54) is 22.9 Å². The SMILES string of the molecule is CC(C)C(C(=O)O)n1nnnc1-c1cccc(F)c1. The van der Waals surface area contributed by atoms with E-state index in [2.05, 4.69) is 15.5 Å². The number of aliphatic carboxylic acids is 1. The predicted octanol–water partition coefficient (Wildman–Crippen LogP) is 1.76. The number of aromatic nitrogens is 4. The normalized spacial score (nSPS) is 12.6. The van der Waals surface area contributed by atoms with Gasteiger partial charge in [0.15, 0.2) is 11.9 Å². The second kappa shape index (κ2) is 5.13. The van der Waals surface area contributed by atoms with Gasteiger partial charge in [0.25, 0.3) is 0 Å². The van der Waals surface area contributed by atoms with Crippen molar-refractivity contribution < 1.29 is 14.3 Å². The first-order chi connectivity index (χ1) is 9.00. The van der Waals surface area contributed by atoms with Gasteiger partial charge in [-0.05, 0) is 28.5 Å². The van der Waals surface area contributed by atoms with Crippen molar-refractivity contribution in [3.05, 3.63) is 30.1 Å². The summed E-state index contributed by atoms with van der Waals surface area (Å²) in [5.41, 5.74) is 0.442. The summed E-state index contributed by atoms with van der Waals surface area (Å²) >= 11 is 0. The number of hydrogen-bond donors (Lipinski definition) is 1. The van der Waals surface area contributed by atoms with Crippen LogP contribution in [-0.2, 0) is 4.79 Å². The molecule has 0 aliphatic rings. The van der Waals surface area contributed by atoms with E-state index in [0.717, 1.165) is 0 Å². The van der Waals surface area contributed by atoms with Crippen LogP contribution < -0.4 is 0 Å². The van der Waals surface area contributed by atoms with Crippen LogP contribution in [0.1, 0.15) is 19.9 Å². The minimum Gasteiger partial charge on any atom is -0.480 e. The summed E-state index contributed by atoms with van der Waals surface area (Å²) in [5, 5.41) is 20.2. The molecule has 7 heteroatoms. The first-order valence-corrected chi connectivity index (χ1v) is 5.77. The lowest BCUT2D eigenvalue weighted by atomic mass is 10.0. The zero-order valence-corrected chi connectivity index (χ0v) is 10.5. The topological polar surface area (TPSA) is 80.9 Å². The number of rotatable bonds is 4. The van der Waals surface area contributed by atoms with Crippen LogP contribution in [0.3, 0.4) is 0 Å². The number of benzene rings is 1. The highest BCUT2D eigenvalue weighted by Gasteiger charge is 2.28. The highest BCUT2D eigenvalue weighted by atomic mass is 19.1. The van der Waals surface area contributed by atoms with Gasteiger partial charge in [0, 0.05) is 5.56 Å². The summed E-state index contributed by atoms with van der Waals surface area (Å²) in [6, 6.07) is 4.82. The van der Waals surface area contributed by atoms with Crippen molar-refractivity contribution in [2.45, 2.75) is 19.9 Å². The standard InChI is InChI=1S/C12H13FN4O2/c1-7(2)10(12(18)19)17-11(14-15-16-17)8-4-3-5-9(13)6-8/h3-7,10H,1-2H3,(H,18,19). The third-order valence-electron chi connectivity index (χ3n) is 2.72. The molecule has 0 amide bonds. The lowest BCUT2D eigenvalue weighted by Gasteiger charge is -2.17. The minimum absolute atomic E-state index is 0.201. The van der Waals surface area contributed by atoms with Crippen molar-refractivity contribution in [3.63, 3.8) is 0 Å². The van der Waals surface area contributed by atoms with Gasteiger partial charge in [-0.15, -0.1) is 5.10 Å². The summed E-state index contributed by atoms with van der Waals surface area (Å²) in [6.07, 6.45) is 0. The van der Waals surface area contributed by atoms with E-state index in [-0.39, 0.29) is 11.7 Å². The van der Waals surface area contributed by atoms with Gasteiger partial charge >= 0.3 is 5.97 Å². The molecule has 0 spiro atoms. The zero-order valence-electron chi connectivity index (χ0n) is 10.5. The predicted molar refractivity (Wildman–Crippen MR) is 64.7 cm³/mol. The largest absolute Gasteiger partial charge is 0.480 e. The molecule has 0 aliphatic heterocycles. The van der Waals surface area contributed by atoms with Gasteiger partial charge in [0.05, 0.1) is 0 Å². The van der Waals surface area contributed by atoms with Crippen molar-refractivity contribution in [2.24, 2.45) is 5.92 Å². The Morgan fingerprint density at radius 2 is 2.16 bits per heavy atom. The molecule has 100 valence electrons. The van der Waals surface area contributed by atoms with Crippen LogP contribution in [0.5, 0.6) is 0 Å². The molecule has 2 rings (SSSR count). The average molecular weight is 264 g/mol. The average Bonchev–Trinajstić information content (AvgIpc) is 2.77. The molecule has 1 aromatic heterocycles. The molecular weight excluding hydrogens is 251 g/mol. The summed E-state index contributed by atoms with van der Waals surface area (Å²) in [7, 11) is 0. The van der Waals surface area contributed by atoms with E-state index in [1.807, 2.05) is 0 Å². The Morgan fingerprint density at radius 1 is 1.42 bits per heavy atom. The molecule has 1 atom stereocenters. The monoisotopic (exact) mass is 264 g/mol. The highest BCUT2D eigenvalue weighted by molar-refractivity contribution is 5.73. The third-order valence-corrected chi connectivity index (χ3v) is 2.72. The summed E-state index contributed by atoms with van der Waals surface area (Å²) in [5.74, 6) is -1.42. The lowest BCUT2D eigenvalue weighted by molar-refractivity contribution is -0.142. The Bertz CT molecular complexity index is 597. The van der Waals surface area contributed by atoms with Gasteiger partial charge in [-0.25, -0.2) is 13.9 Å². The molecule has 1 aromatic carbocycles. The fourth-order valence-corrected chi connectivity index (χ4v) is 1.87. The molecule has 0 bridgehead atoms. The van der Waals surface area contributed by atoms with Gasteiger partial charge in [0.1, 0.15) is 5.82 Å². The summed E-state index contributed by atoms with van der Waals surface area (Å²) in [6.45, 7) is 3.52. The van der Waals surface area contributed by atoms with E-state index in [4.69, 9.17) is 0 Å². The maximum absolute atomic E-state index is 13.2. The van der Waals surface area contributed by atoms with Crippen molar-refractivity contribution in [1.82, 2.24) is 20.2 Å². The molecule has 0 saturated heterocycles. The van der Waals surface area contributed by atoms with Crippen LogP contribution in [0.25, 0.3) is 11.4 Å². The number of carbonyl (C=O) groups is 1. The van der Waals surface area contributed by atoms with Gasteiger partial charge < -0.3 is 5.11 Å². The number of carboxylic acids is 1. The molecule has 1 heterocycles. The number of nitrogens with zero attached hydrogens (tertiary/aromatic N) is 4. The fourth-order valence-electron chi connectivity index (χ4n) is 1.87. The van der Waals surface area contributed by atoms with E-state index < -0.39 is 17.8 Å². The number of hydrogen-bond acceptors (Lipinski definition) is 4. The van der Waals surface area contributed by atoms with E-state index in [0.29, 0.717) is 5.56 Å². The molecule has 1 N–H and O–H groups in total. The number of halogens is 1. The maximum Gasteiger partial charge on any atom is 0.328 e. The van der Waals surface area contributed by atoms with Crippen LogP contribution in [0, 0.1) is 11.7 Å². The first kappa shape index (κ1) is 13.1. The Hall–Kier alpha value is -2.31. The van der Waals surface area contributed by atoms with Crippen LogP contribution >= 0.6 is 0 Å². The molecule has 2 aromatic rings. The second-order valence-corrected chi connectivity index (χ2v) is 4.48. The molecular formula is C12H13FN4O2. The van der Waals surface area contributed by atoms with Crippen molar-refractivity contribution >= 4 is 5.97 Å². The lowest BCUT2D eigenvalue weighted by Crippen LogP contribution is -2.26. The van der Waals surface area contributed by atoms with Crippen LogP contribution in [0.15, 0.2) is 24.3 Å².